The number of hydrogen-bond acceptors (Lipinski definition) is 3. The topological polar surface area (TPSA) is 66.4 Å². The standard InChI is InChI=1S/C12H21NO3S/c1-12(13-10(14)6-8-17-2)7-4-3-5-9(12)11(15)16/h9H,3-8H2,1-2H3,(H,13,14)(H,15,16). The van der Waals surface area contributed by atoms with Gasteiger partial charge in [0.2, 0.25) is 5.91 Å². The van der Waals surface area contributed by atoms with Gasteiger partial charge in [0.25, 0.3) is 0 Å². The Labute approximate surface area is 107 Å². The molecule has 0 radical (unpaired) electrons. The molecule has 17 heavy (non-hydrogen) atoms. The first-order valence-corrected chi connectivity index (χ1v) is 7.42. The Hall–Kier alpha value is -0.710. The lowest BCUT2D eigenvalue weighted by Crippen LogP contribution is -2.55. The van der Waals surface area contributed by atoms with E-state index in [0.717, 1.165) is 25.0 Å². The van der Waals surface area contributed by atoms with E-state index in [1.165, 1.54) is 0 Å². The van der Waals surface area contributed by atoms with Crippen molar-refractivity contribution in [3.63, 3.8) is 0 Å². The van der Waals surface area contributed by atoms with Crippen molar-refractivity contribution in [1.82, 2.24) is 5.32 Å². The monoisotopic (exact) mass is 259 g/mol. The number of thioether (sulfide) groups is 1. The molecule has 0 spiro atoms. The molecule has 98 valence electrons. The Morgan fingerprint density at radius 3 is 2.76 bits per heavy atom. The Balaban J connectivity index is 2.62. The molecule has 0 saturated heterocycles. The van der Waals surface area contributed by atoms with Gasteiger partial charge in [-0.15, -0.1) is 0 Å². The van der Waals surface area contributed by atoms with Gasteiger partial charge in [-0.3, -0.25) is 9.59 Å². The average molecular weight is 259 g/mol. The van der Waals surface area contributed by atoms with E-state index in [2.05, 4.69) is 5.32 Å². The van der Waals surface area contributed by atoms with Crippen LogP contribution in [-0.4, -0.2) is 34.5 Å². The van der Waals surface area contributed by atoms with Gasteiger partial charge in [0.05, 0.1) is 11.5 Å². The van der Waals surface area contributed by atoms with Crippen LogP contribution in [0.25, 0.3) is 0 Å². The van der Waals surface area contributed by atoms with E-state index in [0.29, 0.717) is 12.8 Å². The van der Waals surface area contributed by atoms with E-state index >= 15 is 0 Å². The third kappa shape index (κ3) is 3.91. The molecule has 2 N–H and O–H groups in total. The summed E-state index contributed by atoms with van der Waals surface area (Å²) >= 11 is 1.62. The van der Waals surface area contributed by atoms with Crippen LogP contribution in [0.5, 0.6) is 0 Å². The maximum absolute atomic E-state index is 11.7. The predicted molar refractivity (Wildman–Crippen MR) is 69.1 cm³/mol. The summed E-state index contributed by atoms with van der Waals surface area (Å²) in [7, 11) is 0. The van der Waals surface area contributed by atoms with Crippen LogP contribution in [0.3, 0.4) is 0 Å². The first-order valence-electron chi connectivity index (χ1n) is 6.02. The fraction of sp³-hybridized carbons (Fsp3) is 0.833. The summed E-state index contributed by atoms with van der Waals surface area (Å²) in [5.41, 5.74) is -0.570. The smallest absolute Gasteiger partial charge is 0.308 e. The molecule has 0 aliphatic heterocycles. The van der Waals surface area contributed by atoms with E-state index in [-0.39, 0.29) is 5.91 Å². The summed E-state index contributed by atoms with van der Waals surface area (Å²) in [5.74, 6) is -0.499. The first kappa shape index (κ1) is 14.4. The molecule has 0 bridgehead atoms. The van der Waals surface area contributed by atoms with Crippen LogP contribution in [0.4, 0.5) is 0 Å². The molecule has 0 heterocycles. The van der Waals surface area contributed by atoms with Gasteiger partial charge in [0.1, 0.15) is 0 Å². The predicted octanol–water partition coefficient (Wildman–Crippen LogP) is 1.89. The molecule has 4 nitrogen and oxygen atoms in total. The fourth-order valence-corrected chi connectivity index (χ4v) is 2.84. The molecule has 0 aromatic heterocycles. The van der Waals surface area contributed by atoms with Crippen molar-refractivity contribution < 1.29 is 14.7 Å². The molecular formula is C12H21NO3S. The van der Waals surface area contributed by atoms with Crippen LogP contribution in [0.1, 0.15) is 39.0 Å². The molecule has 1 aliphatic carbocycles. The van der Waals surface area contributed by atoms with Crippen LogP contribution >= 0.6 is 11.8 Å². The van der Waals surface area contributed by atoms with Gasteiger partial charge in [-0.2, -0.15) is 11.8 Å². The van der Waals surface area contributed by atoms with Crippen molar-refractivity contribution in [2.45, 2.75) is 44.6 Å². The number of carbonyl (C=O) groups excluding carboxylic acids is 1. The molecule has 1 saturated carbocycles. The number of aliphatic carboxylic acids is 1. The second-order valence-electron chi connectivity index (χ2n) is 4.85. The Morgan fingerprint density at radius 1 is 1.47 bits per heavy atom. The number of nitrogens with one attached hydrogen (secondary N) is 1. The highest BCUT2D eigenvalue weighted by Crippen LogP contribution is 2.33. The van der Waals surface area contributed by atoms with Crippen LogP contribution in [0.2, 0.25) is 0 Å². The van der Waals surface area contributed by atoms with Gasteiger partial charge < -0.3 is 10.4 Å². The largest absolute Gasteiger partial charge is 0.481 e. The summed E-state index contributed by atoms with van der Waals surface area (Å²) in [6, 6.07) is 0. The normalized spacial score (nSPS) is 28.7. The molecule has 0 aromatic rings. The maximum Gasteiger partial charge on any atom is 0.308 e. The lowest BCUT2D eigenvalue weighted by molar-refractivity contribution is -0.146. The van der Waals surface area contributed by atoms with Crippen molar-refractivity contribution in [2.24, 2.45) is 5.92 Å². The van der Waals surface area contributed by atoms with E-state index in [4.69, 9.17) is 0 Å². The molecule has 1 amide bonds. The number of rotatable bonds is 5. The summed E-state index contributed by atoms with van der Waals surface area (Å²) in [5, 5.41) is 12.1. The van der Waals surface area contributed by atoms with E-state index < -0.39 is 17.4 Å². The van der Waals surface area contributed by atoms with E-state index in [1.807, 2.05) is 13.2 Å². The number of amides is 1. The van der Waals surface area contributed by atoms with Gasteiger partial charge in [0, 0.05) is 12.2 Å². The second-order valence-corrected chi connectivity index (χ2v) is 5.83. The van der Waals surface area contributed by atoms with E-state index in [1.54, 1.807) is 11.8 Å². The number of carboxylic acids is 1. The zero-order valence-corrected chi connectivity index (χ0v) is 11.3. The van der Waals surface area contributed by atoms with Crippen molar-refractivity contribution in [2.75, 3.05) is 12.0 Å². The molecular weight excluding hydrogens is 238 g/mol. The van der Waals surface area contributed by atoms with Crippen molar-refractivity contribution in [1.29, 1.82) is 0 Å². The third-order valence-corrected chi connectivity index (χ3v) is 4.08. The maximum atomic E-state index is 11.7. The Morgan fingerprint density at radius 2 is 2.18 bits per heavy atom. The van der Waals surface area contributed by atoms with Crippen molar-refractivity contribution >= 4 is 23.6 Å². The van der Waals surface area contributed by atoms with Gasteiger partial charge in [0.15, 0.2) is 0 Å². The summed E-state index contributed by atoms with van der Waals surface area (Å²) in [6.45, 7) is 1.86. The first-order chi connectivity index (χ1) is 7.99. The minimum atomic E-state index is -0.794. The van der Waals surface area contributed by atoms with Gasteiger partial charge in [-0.05, 0) is 26.0 Å². The number of hydrogen-bond donors (Lipinski definition) is 2. The number of carboxylic acid groups (broad SMARTS) is 1. The van der Waals surface area contributed by atoms with Gasteiger partial charge in [-0.25, -0.2) is 0 Å². The van der Waals surface area contributed by atoms with E-state index in [9.17, 15) is 14.7 Å². The number of carbonyl (C=O) groups is 2. The highest BCUT2D eigenvalue weighted by Gasteiger charge is 2.41. The Kier molecular flexibility index (Phi) is 5.31. The van der Waals surface area contributed by atoms with Crippen LogP contribution in [-0.2, 0) is 9.59 Å². The molecule has 5 heteroatoms. The molecule has 1 rings (SSSR count). The molecule has 2 unspecified atom stereocenters. The summed E-state index contributed by atoms with van der Waals surface area (Å²) in [6.07, 6.45) is 5.76. The van der Waals surface area contributed by atoms with Crippen LogP contribution in [0, 0.1) is 5.92 Å². The van der Waals surface area contributed by atoms with Crippen molar-refractivity contribution in [3.8, 4) is 0 Å². The minimum Gasteiger partial charge on any atom is -0.481 e. The average Bonchev–Trinajstić information content (AvgIpc) is 2.26. The zero-order chi connectivity index (χ0) is 12.9. The lowest BCUT2D eigenvalue weighted by Gasteiger charge is -2.39. The minimum absolute atomic E-state index is 0.0324. The van der Waals surface area contributed by atoms with Crippen LogP contribution in [0.15, 0.2) is 0 Å². The van der Waals surface area contributed by atoms with Gasteiger partial charge in [-0.1, -0.05) is 12.8 Å². The molecule has 2 atom stereocenters. The van der Waals surface area contributed by atoms with Gasteiger partial charge >= 0.3 is 5.97 Å². The zero-order valence-electron chi connectivity index (χ0n) is 10.5. The molecule has 1 aliphatic rings. The van der Waals surface area contributed by atoms with Crippen molar-refractivity contribution in [3.05, 3.63) is 0 Å². The summed E-state index contributed by atoms with van der Waals surface area (Å²) in [4.78, 5) is 22.9. The Bertz CT molecular complexity index is 295. The second kappa shape index (κ2) is 6.28. The lowest BCUT2D eigenvalue weighted by atomic mass is 9.74. The fourth-order valence-electron chi connectivity index (χ4n) is 2.45. The SMILES string of the molecule is CSCCC(=O)NC1(C)CCCCC1C(=O)O. The summed E-state index contributed by atoms with van der Waals surface area (Å²) < 4.78 is 0. The molecule has 1 fully saturated rings. The third-order valence-electron chi connectivity index (χ3n) is 3.46. The molecule has 0 aromatic carbocycles. The highest BCUT2D eigenvalue weighted by atomic mass is 32.2. The highest BCUT2D eigenvalue weighted by molar-refractivity contribution is 7.98. The quantitative estimate of drug-likeness (QED) is 0.791. The van der Waals surface area contributed by atoms with Crippen LogP contribution < -0.4 is 5.32 Å².